The minimum Gasteiger partial charge on any atom is -0.351 e. The number of nitrogens with one attached hydrogen (secondary N) is 1. The van der Waals surface area contributed by atoms with Crippen molar-refractivity contribution < 1.29 is 4.39 Å². The van der Waals surface area contributed by atoms with Gasteiger partial charge in [0.25, 0.3) is 0 Å². The molecule has 1 aliphatic carbocycles. The van der Waals surface area contributed by atoms with Crippen LogP contribution < -0.4 is 5.32 Å². The SMILES string of the molecule is Cc1cnc(NC2CCCC2)nc1-c1c(-c2ccc(F)cc2)nn2c(Cl)cccc12. The van der Waals surface area contributed by atoms with Crippen molar-refractivity contribution in [2.45, 2.75) is 38.6 Å². The van der Waals surface area contributed by atoms with E-state index in [0.717, 1.165) is 40.7 Å². The van der Waals surface area contributed by atoms with E-state index in [2.05, 4.69) is 10.3 Å². The summed E-state index contributed by atoms with van der Waals surface area (Å²) in [5.74, 6) is 0.331. The first-order valence-corrected chi connectivity index (χ1v) is 10.5. The molecule has 3 heterocycles. The first-order chi connectivity index (χ1) is 14.6. The molecule has 0 unspecified atom stereocenters. The number of pyridine rings is 1. The number of rotatable bonds is 4. The van der Waals surface area contributed by atoms with Gasteiger partial charge in [0, 0.05) is 17.8 Å². The molecule has 3 aromatic heterocycles. The maximum absolute atomic E-state index is 13.5. The maximum Gasteiger partial charge on any atom is 0.223 e. The summed E-state index contributed by atoms with van der Waals surface area (Å²) < 4.78 is 15.2. The van der Waals surface area contributed by atoms with Gasteiger partial charge in [-0.2, -0.15) is 5.10 Å². The summed E-state index contributed by atoms with van der Waals surface area (Å²) in [6.07, 6.45) is 6.58. The topological polar surface area (TPSA) is 55.1 Å². The molecule has 152 valence electrons. The number of hydrogen-bond acceptors (Lipinski definition) is 4. The van der Waals surface area contributed by atoms with Gasteiger partial charge in [-0.15, -0.1) is 0 Å². The summed E-state index contributed by atoms with van der Waals surface area (Å²) >= 11 is 6.42. The van der Waals surface area contributed by atoms with Crippen LogP contribution >= 0.6 is 11.6 Å². The minimum atomic E-state index is -0.289. The lowest BCUT2D eigenvalue weighted by Gasteiger charge is -2.14. The number of aryl methyl sites for hydroxylation is 1. The van der Waals surface area contributed by atoms with Gasteiger partial charge in [0.1, 0.15) is 16.7 Å². The maximum atomic E-state index is 13.5. The van der Waals surface area contributed by atoms with Crippen LogP contribution in [-0.4, -0.2) is 25.6 Å². The lowest BCUT2D eigenvalue weighted by Crippen LogP contribution is -2.17. The van der Waals surface area contributed by atoms with Gasteiger partial charge in [-0.1, -0.05) is 30.5 Å². The fourth-order valence-corrected chi connectivity index (χ4v) is 4.30. The second kappa shape index (κ2) is 7.69. The van der Waals surface area contributed by atoms with E-state index in [0.29, 0.717) is 22.8 Å². The third-order valence-corrected chi connectivity index (χ3v) is 5.91. The number of nitrogens with zero attached hydrogens (tertiary/aromatic N) is 4. The molecule has 7 heteroatoms. The largest absolute Gasteiger partial charge is 0.351 e. The molecule has 0 radical (unpaired) electrons. The third-order valence-electron chi connectivity index (χ3n) is 5.63. The van der Waals surface area contributed by atoms with Crippen LogP contribution in [0, 0.1) is 12.7 Å². The normalized spacial score (nSPS) is 14.5. The van der Waals surface area contributed by atoms with Crippen molar-refractivity contribution in [2.75, 3.05) is 5.32 Å². The molecule has 1 aliphatic rings. The Kier molecular flexibility index (Phi) is 4.87. The number of anilines is 1. The Morgan fingerprint density at radius 2 is 1.83 bits per heavy atom. The standard InChI is InChI=1S/C23H21ClFN5/c1-14-13-26-23(27-17-5-2-3-6-17)28-21(14)20-18-7-4-8-19(24)30(18)29-22(20)15-9-11-16(25)12-10-15/h4,7-13,17H,2-3,5-6H2,1H3,(H,26,27,28). The van der Waals surface area contributed by atoms with Crippen LogP contribution in [0.25, 0.3) is 28.0 Å². The third kappa shape index (κ3) is 3.41. The van der Waals surface area contributed by atoms with Crippen molar-refractivity contribution in [1.82, 2.24) is 19.6 Å². The predicted octanol–water partition coefficient (Wildman–Crippen LogP) is 5.91. The van der Waals surface area contributed by atoms with E-state index >= 15 is 0 Å². The van der Waals surface area contributed by atoms with Gasteiger partial charge in [0.2, 0.25) is 5.95 Å². The van der Waals surface area contributed by atoms with Crippen LogP contribution in [0.15, 0.2) is 48.7 Å². The predicted molar refractivity (Wildman–Crippen MR) is 117 cm³/mol. The zero-order valence-corrected chi connectivity index (χ0v) is 17.3. The Labute approximate surface area is 178 Å². The van der Waals surface area contributed by atoms with Gasteiger partial charge in [-0.3, -0.25) is 0 Å². The van der Waals surface area contributed by atoms with Crippen LogP contribution in [0.3, 0.4) is 0 Å². The molecule has 0 spiro atoms. The van der Waals surface area contributed by atoms with Crippen LogP contribution in [0.4, 0.5) is 10.3 Å². The Bertz CT molecular complexity index is 1210. The van der Waals surface area contributed by atoms with E-state index in [1.807, 2.05) is 25.3 Å². The minimum absolute atomic E-state index is 0.289. The highest BCUT2D eigenvalue weighted by molar-refractivity contribution is 6.29. The smallest absolute Gasteiger partial charge is 0.223 e. The van der Waals surface area contributed by atoms with Crippen LogP contribution in [0.5, 0.6) is 0 Å². The monoisotopic (exact) mass is 421 g/mol. The van der Waals surface area contributed by atoms with Crippen molar-refractivity contribution in [1.29, 1.82) is 0 Å². The zero-order valence-electron chi connectivity index (χ0n) is 16.6. The molecule has 0 saturated heterocycles. The van der Waals surface area contributed by atoms with E-state index < -0.39 is 0 Å². The summed E-state index contributed by atoms with van der Waals surface area (Å²) in [4.78, 5) is 9.37. The quantitative estimate of drug-likeness (QED) is 0.416. The Morgan fingerprint density at radius 1 is 1.07 bits per heavy atom. The van der Waals surface area contributed by atoms with Crippen LogP contribution in [-0.2, 0) is 0 Å². The van der Waals surface area contributed by atoms with Crippen molar-refractivity contribution in [3.8, 4) is 22.5 Å². The van der Waals surface area contributed by atoms with Crippen molar-refractivity contribution in [3.05, 3.63) is 65.2 Å². The molecule has 4 aromatic rings. The second-order valence-electron chi connectivity index (χ2n) is 7.73. The summed E-state index contributed by atoms with van der Waals surface area (Å²) in [7, 11) is 0. The summed E-state index contributed by atoms with van der Waals surface area (Å²) in [5.41, 5.74) is 4.94. The number of halogens is 2. The van der Waals surface area contributed by atoms with Gasteiger partial charge in [0.05, 0.1) is 16.8 Å². The number of benzene rings is 1. The first-order valence-electron chi connectivity index (χ1n) is 10.1. The molecule has 1 aromatic carbocycles. The molecule has 0 bridgehead atoms. The van der Waals surface area contributed by atoms with Crippen molar-refractivity contribution in [3.63, 3.8) is 0 Å². The Hall–Kier alpha value is -2.99. The van der Waals surface area contributed by atoms with E-state index in [1.54, 1.807) is 22.7 Å². The number of aromatic nitrogens is 4. The molecule has 5 nitrogen and oxygen atoms in total. The molecule has 0 amide bonds. The highest BCUT2D eigenvalue weighted by Gasteiger charge is 2.22. The summed E-state index contributed by atoms with van der Waals surface area (Å²) in [5, 5.41) is 8.71. The lowest BCUT2D eigenvalue weighted by molar-refractivity contribution is 0.628. The molecule has 1 fully saturated rings. The molecule has 1 N–H and O–H groups in total. The van der Waals surface area contributed by atoms with Crippen molar-refractivity contribution in [2.24, 2.45) is 0 Å². The number of fused-ring (bicyclic) bond motifs is 1. The molecule has 0 aliphatic heterocycles. The van der Waals surface area contributed by atoms with Gasteiger partial charge in [-0.05, 0) is 61.7 Å². The summed E-state index contributed by atoms with van der Waals surface area (Å²) in [6, 6.07) is 12.4. The van der Waals surface area contributed by atoms with E-state index in [4.69, 9.17) is 21.7 Å². The fourth-order valence-electron chi connectivity index (χ4n) is 4.10. The van der Waals surface area contributed by atoms with Gasteiger partial charge in [-0.25, -0.2) is 18.9 Å². The molecule has 5 rings (SSSR count). The van der Waals surface area contributed by atoms with E-state index in [1.165, 1.54) is 25.0 Å². The van der Waals surface area contributed by atoms with Gasteiger partial charge >= 0.3 is 0 Å². The molecular formula is C23H21ClFN5. The van der Waals surface area contributed by atoms with E-state index in [9.17, 15) is 4.39 Å². The summed E-state index contributed by atoms with van der Waals surface area (Å²) in [6.45, 7) is 1.98. The Balaban J connectivity index is 1.70. The fraction of sp³-hybridized carbons (Fsp3) is 0.261. The van der Waals surface area contributed by atoms with E-state index in [-0.39, 0.29) is 5.82 Å². The highest BCUT2D eigenvalue weighted by Crippen LogP contribution is 2.37. The molecule has 1 saturated carbocycles. The first kappa shape index (κ1) is 19.0. The molecular weight excluding hydrogens is 401 g/mol. The van der Waals surface area contributed by atoms with Crippen LogP contribution in [0.2, 0.25) is 5.15 Å². The highest BCUT2D eigenvalue weighted by atomic mass is 35.5. The van der Waals surface area contributed by atoms with Crippen LogP contribution in [0.1, 0.15) is 31.2 Å². The Morgan fingerprint density at radius 3 is 2.60 bits per heavy atom. The average molecular weight is 422 g/mol. The average Bonchev–Trinajstić information content (AvgIpc) is 3.39. The molecule has 0 atom stereocenters. The molecule has 30 heavy (non-hydrogen) atoms. The van der Waals surface area contributed by atoms with Gasteiger partial charge < -0.3 is 5.32 Å². The van der Waals surface area contributed by atoms with Gasteiger partial charge in [0.15, 0.2) is 0 Å². The lowest BCUT2D eigenvalue weighted by atomic mass is 10.0. The zero-order chi connectivity index (χ0) is 20.7. The number of hydrogen-bond donors (Lipinski definition) is 1. The van der Waals surface area contributed by atoms with Crippen molar-refractivity contribution >= 4 is 23.1 Å². The second-order valence-corrected chi connectivity index (χ2v) is 8.11.